The SMILES string of the molecule is CCC(C)(C)NC(=O)CN1CC(C)CC(N)C1. The minimum Gasteiger partial charge on any atom is -0.350 e. The van der Waals surface area contributed by atoms with Crippen LogP contribution in [0.2, 0.25) is 0 Å². The van der Waals surface area contributed by atoms with Crippen LogP contribution in [0, 0.1) is 5.92 Å². The van der Waals surface area contributed by atoms with E-state index in [1.54, 1.807) is 0 Å². The Morgan fingerprint density at radius 3 is 2.65 bits per heavy atom. The molecular formula is C13H27N3O. The standard InChI is InChI=1S/C13H27N3O/c1-5-13(3,4)15-12(17)9-16-7-10(2)6-11(14)8-16/h10-11H,5-9,14H2,1-4H3,(H,15,17). The van der Waals surface area contributed by atoms with Crippen LogP contribution in [0.3, 0.4) is 0 Å². The molecule has 2 unspecified atom stereocenters. The van der Waals surface area contributed by atoms with Gasteiger partial charge in [-0.1, -0.05) is 13.8 Å². The van der Waals surface area contributed by atoms with Crippen molar-refractivity contribution in [3.8, 4) is 0 Å². The molecule has 0 radical (unpaired) electrons. The molecule has 4 heteroatoms. The van der Waals surface area contributed by atoms with Crippen molar-refractivity contribution in [2.45, 2.75) is 52.1 Å². The molecule has 3 N–H and O–H groups in total. The first-order valence-electron chi connectivity index (χ1n) is 6.61. The molecule has 0 bridgehead atoms. The summed E-state index contributed by atoms with van der Waals surface area (Å²) in [5, 5.41) is 3.06. The van der Waals surface area contributed by atoms with Gasteiger partial charge in [0.05, 0.1) is 6.54 Å². The first-order valence-corrected chi connectivity index (χ1v) is 6.61. The van der Waals surface area contributed by atoms with Gasteiger partial charge in [0.2, 0.25) is 5.91 Å². The van der Waals surface area contributed by atoms with Crippen LogP contribution in [0.1, 0.15) is 40.5 Å². The van der Waals surface area contributed by atoms with Crippen molar-refractivity contribution < 1.29 is 4.79 Å². The van der Waals surface area contributed by atoms with Crippen LogP contribution in [-0.2, 0) is 4.79 Å². The summed E-state index contributed by atoms with van der Waals surface area (Å²) in [6.45, 7) is 10.7. The number of nitrogens with zero attached hydrogens (tertiary/aromatic N) is 1. The lowest BCUT2D eigenvalue weighted by atomic mass is 9.96. The number of likely N-dealkylation sites (tertiary alicyclic amines) is 1. The third kappa shape index (κ3) is 5.04. The molecule has 2 atom stereocenters. The number of rotatable bonds is 4. The zero-order valence-electron chi connectivity index (χ0n) is 11.6. The Bertz CT molecular complexity index is 255. The van der Waals surface area contributed by atoms with Crippen molar-refractivity contribution in [2.75, 3.05) is 19.6 Å². The normalized spacial score (nSPS) is 26.9. The van der Waals surface area contributed by atoms with Gasteiger partial charge < -0.3 is 11.1 Å². The van der Waals surface area contributed by atoms with Crippen LogP contribution in [0.15, 0.2) is 0 Å². The molecule has 17 heavy (non-hydrogen) atoms. The summed E-state index contributed by atoms with van der Waals surface area (Å²) < 4.78 is 0. The molecule has 1 heterocycles. The van der Waals surface area contributed by atoms with Crippen LogP contribution in [-0.4, -0.2) is 42.0 Å². The average Bonchev–Trinajstić information content (AvgIpc) is 2.14. The Kier molecular flexibility index (Phi) is 4.95. The average molecular weight is 241 g/mol. The number of carbonyl (C=O) groups is 1. The maximum absolute atomic E-state index is 11.9. The first kappa shape index (κ1) is 14.5. The monoisotopic (exact) mass is 241 g/mol. The zero-order chi connectivity index (χ0) is 13.1. The van der Waals surface area contributed by atoms with Crippen LogP contribution in [0.4, 0.5) is 0 Å². The smallest absolute Gasteiger partial charge is 0.234 e. The van der Waals surface area contributed by atoms with Gasteiger partial charge in [0.1, 0.15) is 0 Å². The second kappa shape index (κ2) is 5.83. The van der Waals surface area contributed by atoms with Gasteiger partial charge >= 0.3 is 0 Å². The summed E-state index contributed by atoms with van der Waals surface area (Å²) in [4.78, 5) is 14.1. The lowest BCUT2D eigenvalue weighted by molar-refractivity contribution is -0.124. The van der Waals surface area contributed by atoms with Crippen molar-refractivity contribution in [3.63, 3.8) is 0 Å². The summed E-state index contributed by atoms with van der Waals surface area (Å²) >= 11 is 0. The van der Waals surface area contributed by atoms with Crippen LogP contribution in [0.25, 0.3) is 0 Å². The minimum absolute atomic E-state index is 0.109. The second-order valence-electron chi connectivity index (χ2n) is 6.08. The first-order chi connectivity index (χ1) is 7.82. The molecule has 1 rings (SSSR count). The molecule has 100 valence electrons. The highest BCUT2D eigenvalue weighted by Gasteiger charge is 2.25. The number of piperidine rings is 1. The summed E-state index contributed by atoms with van der Waals surface area (Å²) in [5.41, 5.74) is 5.86. The Balaban J connectivity index is 2.40. The van der Waals surface area contributed by atoms with E-state index in [9.17, 15) is 4.79 Å². The largest absolute Gasteiger partial charge is 0.350 e. The molecule has 1 amide bonds. The zero-order valence-corrected chi connectivity index (χ0v) is 11.6. The van der Waals surface area contributed by atoms with E-state index in [0.717, 1.165) is 25.9 Å². The van der Waals surface area contributed by atoms with E-state index in [0.29, 0.717) is 12.5 Å². The quantitative estimate of drug-likeness (QED) is 0.771. The highest BCUT2D eigenvalue weighted by Crippen LogP contribution is 2.14. The van der Waals surface area contributed by atoms with Crippen molar-refractivity contribution in [3.05, 3.63) is 0 Å². The highest BCUT2D eigenvalue weighted by molar-refractivity contribution is 5.78. The molecule has 1 aliphatic rings. The van der Waals surface area contributed by atoms with Crippen molar-refractivity contribution >= 4 is 5.91 Å². The Hall–Kier alpha value is -0.610. The molecule has 0 aromatic heterocycles. The predicted octanol–water partition coefficient (Wildman–Crippen LogP) is 0.960. The van der Waals surface area contributed by atoms with Crippen molar-refractivity contribution in [1.82, 2.24) is 10.2 Å². The van der Waals surface area contributed by atoms with Gasteiger partial charge in [-0.3, -0.25) is 9.69 Å². The Morgan fingerprint density at radius 2 is 2.12 bits per heavy atom. The van der Waals surface area contributed by atoms with E-state index in [1.165, 1.54) is 0 Å². The van der Waals surface area contributed by atoms with Gasteiger partial charge in [0.15, 0.2) is 0 Å². The molecule has 4 nitrogen and oxygen atoms in total. The summed E-state index contributed by atoms with van der Waals surface area (Å²) in [5.74, 6) is 0.698. The third-order valence-electron chi connectivity index (χ3n) is 3.50. The van der Waals surface area contributed by atoms with E-state index < -0.39 is 0 Å². The maximum Gasteiger partial charge on any atom is 0.234 e. The molecule has 0 aromatic carbocycles. The van der Waals surface area contributed by atoms with E-state index in [-0.39, 0.29) is 17.5 Å². The summed E-state index contributed by atoms with van der Waals surface area (Å²) in [6, 6.07) is 0.214. The minimum atomic E-state index is -0.111. The van der Waals surface area contributed by atoms with E-state index in [1.807, 2.05) is 0 Å². The van der Waals surface area contributed by atoms with Gasteiger partial charge in [-0.25, -0.2) is 0 Å². The van der Waals surface area contributed by atoms with Gasteiger partial charge in [0.25, 0.3) is 0 Å². The van der Waals surface area contributed by atoms with E-state index in [4.69, 9.17) is 5.73 Å². The molecule has 0 aliphatic carbocycles. The maximum atomic E-state index is 11.9. The fourth-order valence-electron chi connectivity index (χ4n) is 2.35. The molecule has 0 spiro atoms. The molecule has 0 aromatic rings. The Morgan fingerprint density at radius 1 is 1.47 bits per heavy atom. The number of nitrogens with two attached hydrogens (primary N) is 1. The lowest BCUT2D eigenvalue weighted by Crippen LogP contribution is -2.52. The summed E-state index contributed by atoms with van der Waals surface area (Å²) in [7, 11) is 0. The molecule has 1 aliphatic heterocycles. The molecule has 0 saturated carbocycles. The number of carbonyl (C=O) groups excluding carboxylic acids is 1. The number of amides is 1. The second-order valence-corrected chi connectivity index (χ2v) is 6.08. The number of hydrogen-bond donors (Lipinski definition) is 2. The molecular weight excluding hydrogens is 214 g/mol. The van der Waals surface area contributed by atoms with Crippen molar-refractivity contribution in [2.24, 2.45) is 11.7 Å². The van der Waals surface area contributed by atoms with Crippen molar-refractivity contribution in [1.29, 1.82) is 0 Å². The Labute approximate surface area is 105 Å². The molecule has 1 saturated heterocycles. The van der Waals surface area contributed by atoms with Gasteiger partial charge in [-0.05, 0) is 32.6 Å². The van der Waals surface area contributed by atoms with Gasteiger partial charge in [0, 0.05) is 24.7 Å². The fraction of sp³-hybridized carbons (Fsp3) is 0.923. The molecule has 1 fully saturated rings. The topological polar surface area (TPSA) is 58.4 Å². The van der Waals surface area contributed by atoms with E-state index in [2.05, 4.69) is 37.9 Å². The van der Waals surface area contributed by atoms with Gasteiger partial charge in [-0.15, -0.1) is 0 Å². The lowest BCUT2D eigenvalue weighted by Gasteiger charge is -2.35. The summed E-state index contributed by atoms with van der Waals surface area (Å²) in [6.07, 6.45) is 2.01. The van der Waals surface area contributed by atoms with E-state index >= 15 is 0 Å². The fourth-order valence-corrected chi connectivity index (χ4v) is 2.35. The number of hydrogen-bond acceptors (Lipinski definition) is 3. The van der Waals surface area contributed by atoms with Crippen LogP contribution in [0.5, 0.6) is 0 Å². The van der Waals surface area contributed by atoms with Crippen LogP contribution >= 0.6 is 0 Å². The van der Waals surface area contributed by atoms with Gasteiger partial charge in [-0.2, -0.15) is 0 Å². The number of nitrogens with one attached hydrogen (secondary N) is 1. The predicted molar refractivity (Wildman–Crippen MR) is 70.7 cm³/mol. The highest BCUT2D eigenvalue weighted by atomic mass is 16.2. The van der Waals surface area contributed by atoms with Crippen LogP contribution < -0.4 is 11.1 Å². The third-order valence-corrected chi connectivity index (χ3v) is 3.50.